The fourth-order valence-electron chi connectivity index (χ4n) is 0.188. The first-order valence-electron chi connectivity index (χ1n) is 3.44. The van der Waals surface area contributed by atoms with E-state index in [9.17, 15) is 4.46 Å². The zero-order chi connectivity index (χ0) is 10.7. The topological polar surface area (TPSA) is 107 Å². The predicted octanol–water partition coefficient (Wildman–Crippen LogP) is -2.07. The maximum atomic E-state index is 9.67. The van der Waals surface area contributed by atoms with Gasteiger partial charge >= 0.3 is 9.17 Å². The van der Waals surface area contributed by atoms with E-state index in [1.165, 1.54) is 6.08 Å². The van der Waals surface area contributed by atoms with Crippen molar-refractivity contribution in [2.24, 2.45) is 0 Å². The normalized spacial score (nSPS) is 8.00. The monoisotopic (exact) mass is 274 g/mol. The molecule has 0 amide bonds. The number of hydrogen-bond acceptors (Lipinski definition) is 5. The predicted molar refractivity (Wildman–Crippen MR) is 45.0 cm³/mol. The van der Waals surface area contributed by atoms with Crippen molar-refractivity contribution in [1.82, 2.24) is 0 Å². The maximum absolute atomic E-state index is 9.67. The van der Waals surface area contributed by atoms with Crippen molar-refractivity contribution in [1.29, 1.82) is 0 Å². The van der Waals surface area contributed by atoms with E-state index in [4.69, 9.17) is 20.1 Å². The Morgan fingerprint density at radius 3 is 1.93 bits per heavy atom. The summed E-state index contributed by atoms with van der Waals surface area (Å²) in [5, 5.41) is 24.0. The molecule has 0 rings (SSSR count). The molecule has 0 fully saturated rings. The summed E-state index contributed by atoms with van der Waals surface area (Å²) in [6, 6.07) is 0. The molecule has 0 aliphatic carbocycles. The fraction of sp³-hybridized carbons (Fsp3) is 0.667. The summed E-state index contributed by atoms with van der Waals surface area (Å²) >= 11 is 0. The van der Waals surface area contributed by atoms with Crippen LogP contribution in [0.5, 0.6) is 0 Å². The largest absolute Gasteiger partial charge is 0.764 e. The van der Waals surface area contributed by atoms with Gasteiger partial charge in [0.05, 0.1) is 19.8 Å². The molecule has 0 radical (unpaired) electrons. The molecule has 0 unspecified atom stereocenters. The van der Waals surface area contributed by atoms with Crippen molar-refractivity contribution in [2.45, 2.75) is 6.10 Å². The number of aliphatic hydroxyl groups excluding tert-OH is 3. The molecule has 0 spiro atoms. The Labute approximate surface area is 96.5 Å². The standard InChI is InChI=1S/C3H6O3Si.C3H8O3.Zn/c1-2-3-6-7(4)5;4-1-3(6)2-5;/h2,4H,1,3H2;3-6H,1-2H2;. The maximum Gasteiger partial charge on any atom is 0.764 e. The van der Waals surface area contributed by atoms with Crippen molar-refractivity contribution in [2.75, 3.05) is 19.8 Å². The fourth-order valence-corrected chi connectivity index (χ4v) is 0.448. The second-order valence-corrected chi connectivity index (χ2v) is 2.71. The third-order valence-corrected chi connectivity index (χ3v) is 1.16. The van der Waals surface area contributed by atoms with Crippen LogP contribution in [0.25, 0.3) is 0 Å². The third-order valence-electron chi connectivity index (χ3n) is 0.746. The van der Waals surface area contributed by atoms with Crippen LogP contribution in [-0.4, -0.2) is 55.2 Å². The summed E-state index contributed by atoms with van der Waals surface area (Å²) in [6.07, 6.45) is 0.462. The third kappa shape index (κ3) is 22.6. The average molecular weight is 276 g/mol. The van der Waals surface area contributed by atoms with Crippen LogP contribution in [0.2, 0.25) is 0 Å². The van der Waals surface area contributed by atoms with E-state index in [2.05, 4.69) is 11.0 Å². The van der Waals surface area contributed by atoms with Crippen LogP contribution < -0.4 is 0 Å². The van der Waals surface area contributed by atoms with Gasteiger partial charge in [0.15, 0.2) is 0 Å². The van der Waals surface area contributed by atoms with Crippen LogP contribution in [0.15, 0.2) is 12.7 Å². The van der Waals surface area contributed by atoms with E-state index in [1.807, 2.05) is 0 Å². The molecule has 0 aromatic rings. The summed E-state index contributed by atoms with van der Waals surface area (Å²) < 4.78 is 13.8. The molecule has 0 aromatic heterocycles. The molecule has 6 nitrogen and oxygen atoms in total. The second-order valence-electron chi connectivity index (χ2n) is 1.88. The van der Waals surface area contributed by atoms with Gasteiger partial charge in [0.1, 0.15) is 6.10 Å². The minimum absolute atomic E-state index is 0. The molecular weight excluding hydrogens is 262 g/mol. The van der Waals surface area contributed by atoms with Crippen LogP contribution in [-0.2, 0) is 28.4 Å². The van der Waals surface area contributed by atoms with E-state index in [-0.39, 0.29) is 39.3 Å². The molecule has 0 heterocycles. The summed E-state index contributed by atoms with van der Waals surface area (Å²) in [5.41, 5.74) is 0. The average Bonchev–Trinajstić information content (AvgIpc) is 2.14. The first kappa shape index (κ1) is 19.4. The van der Waals surface area contributed by atoms with Gasteiger partial charge in [0.25, 0.3) is 0 Å². The van der Waals surface area contributed by atoms with E-state index in [0.717, 1.165) is 0 Å². The molecular formula is C6H14O6SiZn. The molecule has 0 saturated heterocycles. The smallest absolute Gasteiger partial charge is 0.511 e. The van der Waals surface area contributed by atoms with Crippen LogP contribution in [0.3, 0.4) is 0 Å². The Hall–Kier alpha value is -0.140. The number of rotatable bonds is 5. The van der Waals surface area contributed by atoms with E-state index >= 15 is 0 Å². The first-order chi connectivity index (χ1) is 6.08. The van der Waals surface area contributed by atoms with Gasteiger partial charge in [-0.2, -0.15) is 0 Å². The summed E-state index contributed by atoms with van der Waals surface area (Å²) in [5.74, 6) is 0. The molecule has 8 heteroatoms. The van der Waals surface area contributed by atoms with Crippen LogP contribution in [0.1, 0.15) is 0 Å². The van der Waals surface area contributed by atoms with Crippen LogP contribution in [0, 0.1) is 0 Å². The molecule has 0 bridgehead atoms. The summed E-state index contributed by atoms with van der Waals surface area (Å²) in [6.45, 7) is 2.69. The van der Waals surface area contributed by atoms with Gasteiger partial charge in [0, 0.05) is 19.5 Å². The van der Waals surface area contributed by atoms with Crippen molar-refractivity contribution in [3.05, 3.63) is 12.7 Å². The van der Waals surface area contributed by atoms with Gasteiger partial charge in [-0.1, -0.05) is 12.7 Å². The quantitative estimate of drug-likeness (QED) is 0.339. The molecule has 0 aliphatic heterocycles. The molecule has 0 aliphatic rings. The Balaban J connectivity index is -0.000000163. The van der Waals surface area contributed by atoms with Gasteiger partial charge in [-0.05, 0) is 0 Å². The van der Waals surface area contributed by atoms with Gasteiger partial charge in [-0.3, -0.25) is 4.46 Å². The summed E-state index contributed by atoms with van der Waals surface area (Å²) in [7, 11) is -2.72. The van der Waals surface area contributed by atoms with Crippen LogP contribution >= 0.6 is 0 Å². The Morgan fingerprint density at radius 1 is 1.43 bits per heavy atom. The minimum atomic E-state index is -2.72. The van der Waals surface area contributed by atoms with E-state index < -0.39 is 15.3 Å². The van der Waals surface area contributed by atoms with Crippen molar-refractivity contribution in [3.8, 4) is 0 Å². The van der Waals surface area contributed by atoms with Gasteiger partial charge in [-0.25, -0.2) is 0 Å². The number of aliphatic hydroxyl groups is 3. The Morgan fingerprint density at radius 2 is 1.86 bits per heavy atom. The SMILES string of the molecule is C=CCO[Si](=O)O.OCC(O)CO.[Zn]. The van der Waals surface area contributed by atoms with Gasteiger partial charge in [0.2, 0.25) is 0 Å². The van der Waals surface area contributed by atoms with Gasteiger partial charge < -0.3 is 24.5 Å². The summed E-state index contributed by atoms with van der Waals surface area (Å²) in [4.78, 5) is 7.96. The Kier molecular flexibility index (Phi) is 21.3. The second kappa shape index (κ2) is 15.3. The molecule has 14 heavy (non-hydrogen) atoms. The molecule has 4 N–H and O–H groups in total. The molecule has 80 valence electrons. The minimum Gasteiger partial charge on any atom is -0.511 e. The van der Waals surface area contributed by atoms with Crippen LogP contribution in [0.4, 0.5) is 0 Å². The van der Waals surface area contributed by atoms with Gasteiger partial charge in [-0.15, -0.1) is 0 Å². The first-order valence-corrected chi connectivity index (χ1v) is 4.71. The van der Waals surface area contributed by atoms with Crippen molar-refractivity contribution >= 4 is 9.17 Å². The Bertz CT molecular complexity index is 140. The van der Waals surface area contributed by atoms with Crippen molar-refractivity contribution < 1.29 is 48.5 Å². The van der Waals surface area contributed by atoms with E-state index in [1.54, 1.807) is 0 Å². The zero-order valence-corrected chi connectivity index (χ0v) is 11.8. The van der Waals surface area contributed by atoms with Crippen molar-refractivity contribution in [3.63, 3.8) is 0 Å². The zero-order valence-electron chi connectivity index (χ0n) is 7.80. The van der Waals surface area contributed by atoms with E-state index in [0.29, 0.717) is 0 Å². The molecule has 0 saturated carbocycles. The number of hydrogen-bond donors (Lipinski definition) is 4. The molecule has 0 atom stereocenters. The molecule has 0 aromatic carbocycles.